The van der Waals surface area contributed by atoms with Crippen LogP contribution in [0, 0.1) is 0 Å². The third kappa shape index (κ3) is 0.871. The van der Waals surface area contributed by atoms with Crippen molar-refractivity contribution in [2.24, 2.45) is 0 Å². The van der Waals surface area contributed by atoms with Crippen molar-refractivity contribution >= 4 is 22.9 Å². The molecule has 0 saturated carbocycles. The quantitative estimate of drug-likeness (QED) is 0.622. The zero-order chi connectivity index (χ0) is 8.55. The minimum Gasteiger partial charge on any atom is -0.397 e. The number of H-pyrrole nitrogens is 1. The smallest absolute Gasteiger partial charge is 0.150 e. The van der Waals surface area contributed by atoms with Crippen LogP contribution in [-0.4, -0.2) is 11.3 Å². The lowest BCUT2D eigenvalue weighted by atomic mass is 10.1. The molecule has 3 heteroatoms. The third-order valence-electron chi connectivity index (χ3n) is 1.87. The van der Waals surface area contributed by atoms with Crippen molar-refractivity contribution in [1.29, 1.82) is 0 Å². The van der Waals surface area contributed by atoms with E-state index in [0.29, 0.717) is 11.3 Å². The highest BCUT2D eigenvalue weighted by Gasteiger charge is 1.99. The Morgan fingerprint density at radius 2 is 2.25 bits per heavy atom. The highest BCUT2D eigenvalue weighted by Crippen LogP contribution is 2.20. The van der Waals surface area contributed by atoms with Gasteiger partial charge in [0.2, 0.25) is 0 Å². The lowest BCUT2D eigenvalue weighted by Gasteiger charge is -1.92. The Kier molecular flexibility index (Phi) is 1.37. The number of aldehydes is 1. The van der Waals surface area contributed by atoms with Crippen molar-refractivity contribution < 1.29 is 4.79 Å². The van der Waals surface area contributed by atoms with E-state index >= 15 is 0 Å². The summed E-state index contributed by atoms with van der Waals surface area (Å²) < 4.78 is 0. The summed E-state index contributed by atoms with van der Waals surface area (Å²) >= 11 is 0. The van der Waals surface area contributed by atoms with Crippen LogP contribution >= 0.6 is 0 Å². The molecule has 0 amide bonds. The van der Waals surface area contributed by atoms with Crippen molar-refractivity contribution in [2.75, 3.05) is 5.73 Å². The number of benzene rings is 1. The second-order valence-electron chi connectivity index (χ2n) is 2.67. The lowest BCUT2D eigenvalue weighted by Crippen LogP contribution is -1.82. The lowest BCUT2D eigenvalue weighted by molar-refractivity contribution is 0.112. The summed E-state index contributed by atoms with van der Waals surface area (Å²) in [6, 6.07) is 5.37. The van der Waals surface area contributed by atoms with Crippen LogP contribution in [-0.2, 0) is 0 Å². The summed E-state index contributed by atoms with van der Waals surface area (Å²) in [6.45, 7) is 0. The monoisotopic (exact) mass is 160 g/mol. The van der Waals surface area contributed by atoms with E-state index < -0.39 is 0 Å². The molecule has 0 radical (unpaired) electrons. The first-order chi connectivity index (χ1) is 5.81. The zero-order valence-electron chi connectivity index (χ0n) is 6.37. The maximum Gasteiger partial charge on any atom is 0.150 e. The predicted octanol–water partition coefficient (Wildman–Crippen LogP) is 1.56. The molecule has 0 fully saturated rings. The van der Waals surface area contributed by atoms with E-state index in [1.807, 2.05) is 6.07 Å². The molecule has 1 aromatic carbocycles. The number of aromatic nitrogens is 1. The highest BCUT2D eigenvalue weighted by atomic mass is 16.1. The minimum absolute atomic E-state index is 0.647. The number of fused-ring (bicyclic) bond motifs is 1. The van der Waals surface area contributed by atoms with E-state index in [0.717, 1.165) is 17.2 Å². The van der Waals surface area contributed by atoms with E-state index in [4.69, 9.17) is 5.73 Å². The number of rotatable bonds is 1. The number of carbonyl (C=O) groups is 1. The van der Waals surface area contributed by atoms with Crippen LogP contribution in [0.2, 0.25) is 0 Å². The standard InChI is InChI=1S/C9H8N2O/c10-8-4-11-9-2-1-6(5-12)3-7(8)9/h1-5,11H,10H2. The third-order valence-corrected chi connectivity index (χ3v) is 1.87. The van der Waals surface area contributed by atoms with Gasteiger partial charge in [-0.15, -0.1) is 0 Å². The molecule has 0 spiro atoms. The van der Waals surface area contributed by atoms with Crippen molar-refractivity contribution in [3.8, 4) is 0 Å². The molecule has 60 valence electrons. The van der Waals surface area contributed by atoms with Gasteiger partial charge in [-0.2, -0.15) is 0 Å². The number of nitrogen functional groups attached to an aromatic ring is 1. The van der Waals surface area contributed by atoms with Gasteiger partial charge in [0.25, 0.3) is 0 Å². The van der Waals surface area contributed by atoms with Crippen LogP contribution in [0.5, 0.6) is 0 Å². The van der Waals surface area contributed by atoms with Gasteiger partial charge in [-0.3, -0.25) is 4.79 Å². The summed E-state index contributed by atoms with van der Waals surface area (Å²) in [5.41, 5.74) is 7.93. The molecule has 0 atom stereocenters. The van der Waals surface area contributed by atoms with Crippen LogP contribution < -0.4 is 5.73 Å². The molecular weight excluding hydrogens is 152 g/mol. The van der Waals surface area contributed by atoms with E-state index in [-0.39, 0.29) is 0 Å². The van der Waals surface area contributed by atoms with Crippen molar-refractivity contribution in [2.45, 2.75) is 0 Å². The van der Waals surface area contributed by atoms with E-state index in [9.17, 15) is 4.79 Å². The molecule has 1 aromatic heterocycles. The number of nitrogens with one attached hydrogen (secondary N) is 1. The second-order valence-corrected chi connectivity index (χ2v) is 2.67. The van der Waals surface area contributed by atoms with Gasteiger partial charge in [0, 0.05) is 22.7 Å². The Bertz CT molecular complexity index is 431. The Morgan fingerprint density at radius 1 is 1.42 bits per heavy atom. The molecule has 0 bridgehead atoms. The number of carbonyl (C=O) groups excluding carboxylic acids is 1. The van der Waals surface area contributed by atoms with Crippen molar-refractivity contribution in [3.63, 3.8) is 0 Å². The largest absolute Gasteiger partial charge is 0.397 e. The van der Waals surface area contributed by atoms with Gasteiger partial charge < -0.3 is 10.7 Å². The SMILES string of the molecule is Nc1c[nH]c2ccc(C=O)cc12. The van der Waals surface area contributed by atoms with Gasteiger partial charge in [0.1, 0.15) is 6.29 Å². The fraction of sp³-hybridized carbons (Fsp3) is 0. The molecule has 1 heterocycles. The molecule has 12 heavy (non-hydrogen) atoms. The summed E-state index contributed by atoms with van der Waals surface area (Å²) in [7, 11) is 0. The molecule has 3 nitrogen and oxygen atoms in total. The van der Waals surface area contributed by atoms with Crippen LogP contribution in [0.25, 0.3) is 10.9 Å². The predicted molar refractivity (Wildman–Crippen MR) is 48.1 cm³/mol. The van der Waals surface area contributed by atoms with E-state index in [2.05, 4.69) is 4.98 Å². The maximum atomic E-state index is 10.4. The Labute approximate surface area is 69.2 Å². The molecule has 2 rings (SSSR count). The topological polar surface area (TPSA) is 58.9 Å². The first-order valence-electron chi connectivity index (χ1n) is 3.63. The zero-order valence-corrected chi connectivity index (χ0v) is 6.37. The van der Waals surface area contributed by atoms with Gasteiger partial charge in [0.15, 0.2) is 0 Å². The molecule has 0 aliphatic rings. The van der Waals surface area contributed by atoms with Gasteiger partial charge >= 0.3 is 0 Å². The van der Waals surface area contributed by atoms with E-state index in [1.54, 1.807) is 18.3 Å². The molecule has 0 aliphatic carbocycles. The summed E-state index contributed by atoms with van der Waals surface area (Å²) in [4.78, 5) is 13.4. The number of aromatic amines is 1. The minimum atomic E-state index is 0.647. The first-order valence-corrected chi connectivity index (χ1v) is 3.63. The number of anilines is 1. The Morgan fingerprint density at radius 3 is 3.00 bits per heavy atom. The van der Waals surface area contributed by atoms with Crippen LogP contribution in [0.15, 0.2) is 24.4 Å². The van der Waals surface area contributed by atoms with Crippen LogP contribution in [0.4, 0.5) is 5.69 Å². The molecule has 3 N–H and O–H groups in total. The average Bonchev–Trinajstić information content (AvgIpc) is 2.47. The van der Waals surface area contributed by atoms with Gasteiger partial charge in [0.05, 0.1) is 5.69 Å². The maximum absolute atomic E-state index is 10.4. The number of hydrogen-bond acceptors (Lipinski definition) is 2. The molecule has 2 aromatic rings. The number of hydrogen-bond donors (Lipinski definition) is 2. The fourth-order valence-electron chi connectivity index (χ4n) is 1.23. The van der Waals surface area contributed by atoms with Crippen molar-refractivity contribution in [3.05, 3.63) is 30.0 Å². The molecule has 0 saturated heterocycles. The van der Waals surface area contributed by atoms with Crippen molar-refractivity contribution in [1.82, 2.24) is 4.98 Å². The second kappa shape index (κ2) is 2.37. The molecule has 0 aliphatic heterocycles. The molecule has 0 unspecified atom stereocenters. The van der Waals surface area contributed by atoms with Crippen LogP contribution in [0.1, 0.15) is 10.4 Å². The van der Waals surface area contributed by atoms with Gasteiger partial charge in [-0.1, -0.05) is 0 Å². The molecular formula is C9H8N2O. The highest BCUT2D eigenvalue weighted by molar-refractivity contribution is 5.94. The summed E-state index contributed by atoms with van der Waals surface area (Å²) in [6.07, 6.45) is 2.53. The Hall–Kier alpha value is -1.77. The van der Waals surface area contributed by atoms with Crippen LogP contribution in [0.3, 0.4) is 0 Å². The van der Waals surface area contributed by atoms with Gasteiger partial charge in [-0.05, 0) is 18.2 Å². The average molecular weight is 160 g/mol. The van der Waals surface area contributed by atoms with E-state index in [1.165, 1.54) is 0 Å². The summed E-state index contributed by atoms with van der Waals surface area (Å²) in [5, 5.41) is 0.902. The first kappa shape index (κ1) is 6.91. The number of nitrogens with two attached hydrogens (primary N) is 1. The Balaban J connectivity index is 2.79. The van der Waals surface area contributed by atoms with Gasteiger partial charge in [-0.25, -0.2) is 0 Å². The summed E-state index contributed by atoms with van der Waals surface area (Å²) in [5.74, 6) is 0. The fourth-order valence-corrected chi connectivity index (χ4v) is 1.23. The normalized spacial score (nSPS) is 10.3.